The van der Waals surface area contributed by atoms with E-state index in [-0.39, 0.29) is 35.0 Å². The van der Waals surface area contributed by atoms with E-state index >= 15 is 0 Å². The van der Waals surface area contributed by atoms with Crippen LogP contribution in [-0.2, 0) is 10.0 Å². The molecular weight excluding hydrogens is 330 g/mol. The predicted molar refractivity (Wildman–Crippen MR) is 83.6 cm³/mol. The average molecular weight is 348 g/mol. The van der Waals surface area contributed by atoms with E-state index in [1.807, 2.05) is 0 Å². The first kappa shape index (κ1) is 18.6. The third kappa shape index (κ3) is 3.46. The smallest absolute Gasteiger partial charge is 0.261 e. The van der Waals surface area contributed by atoms with Crippen molar-refractivity contribution < 1.29 is 18.0 Å². The van der Waals surface area contributed by atoms with E-state index in [4.69, 9.17) is 5.73 Å². The molecule has 1 aromatic carbocycles. The van der Waals surface area contributed by atoms with E-state index in [0.717, 1.165) is 4.90 Å². The van der Waals surface area contributed by atoms with Crippen molar-refractivity contribution in [2.24, 2.45) is 5.73 Å². The maximum absolute atomic E-state index is 12.2. The number of rotatable bonds is 4. The second-order valence-electron chi connectivity index (χ2n) is 5.69. The van der Waals surface area contributed by atoms with Gasteiger partial charge in [-0.15, -0.1) is 12.4 Å². The van der Waals surface area contributed by atoms with E-state index in [0.29, 0.717) is 0 Å². The standard InChI is InChI=1S/C13H17N3O4S.ClH/c1-13(2,14)7-15-21(19,20)8-4-5-9-10(6-8)12(18)16(3)11(9)17;/h4-6,15H,7,14H2,1-3H3;1H. The minimum absolute atomic E-state index is 0. The number of nitrogens with zero attached hydrogens (tertiary/aromatic N) is 1. The SMILES string of the molecule is CN1C(=O)c2ccc(S(=O)(=O)NCC(C)(C)N)cc2C1=O.Cl. The molecule has 1 heterocycles. The monoisotopic (exact) mass is 347 g/mol. The summed E-state index contributed by atoms with van der Waals surface area (Å²) in [5.74, 6) is -0.943. The molecule has 3 N–H and O–H groups in total. The molecule has 1 aliphatic rings. The Morgan fingerprint density at radius 2 is 1.73 bits per heavy atom. The van der Waals surface area contributed by atoms with E-state index in [1.165, 1.54) is 25.2 Å². The normalized spacial score (nSPS) is 14.8. The molecular formula is C13H18ClN3O4S. The molecule has 0 saturated heterocycles. The zero-order valence-electron chi connectivity index (χ0n) is 12.4. The molecule has 2 amide bonds. The Hall–Kier alpha value is -1.48. The van der Waals surface area contributed by atoms with Crippen LogP contribution < -0.4 is 10.5 Å². The van der Waals surface area contributed by atoms with Gasteiger partial charge in [0.1, 0.15) is 0 Å². The van der Waals surface area contributed by atoms with E-state index < -0.39 is 27.4 Å². The number of hydrogen-bond acceptors (Lipinski definition) is 5. The second-order valence-corrected chi connectivity index (χ2v) is 7.46. The number of nitrogens with two attached hydrogens (primary N) is 1. The highest BCUT2D eigenvalue weighted by Crippen LogP contribution is 2.24. The van der Waals surface area contributed by atoms with Crippen LogP contribution >= 0.6 is 12.4 Å². The summed E-state index contributed by atoms with van der Waals surface area (Å²) < 4.78 is 26.7. The Kier molecular flexibility index (Phi) is 5.03. The molecule has 122 valence electrons. The third-order valence-corrected chi connectivity index (χ3v) is 4.49. The van der Waals surface area contributed by atoms with Gasteiger partial charge in [0.25, 0.3) is 11.8 Å². The molecule has 0 aliphatic carbocycles. The molecule has 0 atom stereocenters. The minimum atomic E-state index is -3.79. The Balaban J connectivity index is 0.00000242. The summed E-state index contributed by atoms with van der Waals surface area (Å²) in [4.78, 5) is 24.5. The predicted octanol–water partition coefficient (Wildman–Crippen LogP) is 0.350. The van der Waals surface area contributed by atoms with Gasteiger partial charge in [0.2, 0.25) is 10.0 Å². The van der Waals surface area contributed by atoms with Crippen LogP contribution in [0.25, 0.3) is 0 Å². The summed E-state index contributed by atoms with van der Waals surface area (Å²) in [5, 5.41) is 0. The molecule has 9 heteroatoms. The Morgan fingerprint density at radius 1 is 1.18 bits per heavy atom. The van der Waals surface area contributed by atoms with Gasteiger partial charge in [-0.3, -0.25) is 14.5 Å². The molecule has 0 radical (unpaired) electrons. The molecule has 0 fully saturated rings. The summed E-state index contributed by atoms with van der Waals surface area (Å²) in [5.41, 5.74) is 5.34. The van der Waals surface area contributed by atoms with Gasteiger partial charge >= 0.3 is 0 Å². The fraction of sp³-hybridized carbons (Fsp3) is 0.385. The highest BCUT2D eigenvalue weighted by atomic mass is 35.5. The van der Waals surface area contributed by atoms with Crippen molar-refractivity contribution >= 4 is 34.2 Å². The number of amides is 2. The quantitative estimate of drug-likeness (QED) is 0.764. The van der Waals surface area contributed by atoms with Crippen molar-refractivity contribution in [2.45, 2.75) is 24.3 Å². The molecule has 2 rings (SSSR count). The number of fused-ring (bicyclic) bond motifs is 1. The van der Waals surface area contributed by atoms with Crippen molar-refractivity contribution in [3.05, 3.63) is 29.3 Å². The lowest BCUT2D eigenvalue weighted by molar-refractivity contribution is 0.0693. The van der Waals surface area contributed by atoms with Crippen LogP contribution in [0.5, 0.6) is 0 Å². The molecule has 0 aromatic heterocycles. The van der Waals surface area contributed by atoms with Crippen molar-refractivity contribution in [1.82, 2.24) is 9.62 Å². The zero-order chi connectivity index (χ0) is 16.0. The van der Waals surface area contributed by atoms with Crippen LogP contribution in [0.2, 0.25) is 0 Å². The zero-order valence-corrected chi connectivity index (χ0v) is 14.0. The lowest BCUT2D eigenvalue weighted by Gasteiger charge is -2.19. The van der Waals surface area contributed by atoms with Gasteiger partial charge in [-0.1, -0.05) is 0 Å². The lowest BCUT2D eigenvalue weighted by atomic mass is 10.1. The van der Waals surface area contributed by atoms with Gasteiger partial charge < -0.3 is 5.73 Å². The number of halogens is 1. The first-order valence-electron chi connectivity index (χ1n) is 6.28. The van der Waals surface area contributed by atoms with Gasteiger partial charge in [0, 0.05) is 19.1 Å². The fourth-order valence-electron chi connectivity index (χ4n) is 1.87. The Morgan fingerprint density at radius 3 is 2.27 bits per heavy atom. The average Bonchev–Trinajstić information content (AvgIpc) is 2.61. The van der Waals surface area contributed by atoms with Gasteiger partial charge in [-0.2, -0.15) is 0 Å². The Bertz CT molecular complexity index is 725. The van der Waals surface area contributed by atoms with E-state index in [1.54, 1.807) is 13.8 Å². The lowest BCUT2D eigenvalue weighted by Crippen LogP contribution is -2.45. The number of carbonyl (C=O) groups excluding carboxylic acids is 2. The number of nitrogens with one attached hydrogen (secondary N) is 1. The van der Waals surface area contributed by atoms with E-state index in [2.05, 4.69) is 4.72 Å². The van der Waals surface area contributed by atoms with Crippen molar-refractivity contribution in [3.63, 3.8) is 0 Å². The molecule has 0 unspecified atom stereocenters. The van der Waals surface area contributed by atoms with Crippen molar-refractivity contribution in [3.8, 4) is 0 Å². The van der Waals surface area contributed by atoms with Crippen molar-refractivity contribution in [2.75, 3.05) is 13.6 Å². The summed E-state index contributed by atoms with van der Waals surface area (Å²) in [7, 11) is -2.43. The van der Waals surface area contributed by atoms with Crippen LogP contribution in [-0.4, -0.2) is 44.3 Å². The van der Waals surface area contributed by atoms with Crippen LogP contribution in [0, 0.1) is 0 Å². The van der Waals surface area contributed by atoms with Crippen LogP contribution in [0.3, 0.4) is 0 Å². The Labute approximate surface area is 135 Å². The maximum Gasteiger partial charge on any atom is 0.261 e. The van der Waals surface area contributed by atoms with Crippen LogP contribution in [0.1, 0.15) is 34.6 Å². The highest BCUT2D eigenvalue weighted by Gasteiger charge is 2.34. The molecule has 0 spiro atoms. The number of benzene rings is 1. The maximum atomic E-state index is 12.2. The number of hydrogen-bond donors (Lipinski definition) is 2. The van der Waals surface area contributed by atoms with Gasteiger partial charge in [-0.25, -0.2) is 13.1 Å². The van der Waals surface area contributed by atoms with E-state index in [9.17, 15) is 18.0 Å². The topological polar surface area (TPSA) is 110 Å². The highest BCUT2D eigenvalue weighted by molar-refractivity contribution is 7.89. The molecule has 0 saturated carbocycles. The molecule has 1 aromatic rings. The first-order valence-corrected chi connectivity index (χ1v) is 7.76. The molecule has 1 aliphatic heterocycles. The summed E-state index contributed by atoms with van der Waals surface area (Å²) >= 11 is 0. The van der Waals surface area contributed by atoms with Crippen molar-refractivity contribution in [1.29, 1.82) is 0 Å². The largest absolute Gasteiger partial charge is 0.324 e. The molecule has 0 bridgehead atoms. The van der Waals surface area contributed by atoms with Gasteiger partial charge in [0.15, 0.2) is 0 Å². The van der Waals surface area contributed by atoms with Crippen LogP contribution in [0.4, 0.5) is 0 Å². The number of imide groups is 1. The minimum Gasteiger partial charge on any atom is -0.324 e. The second kappa shape index (κ2) is 5.96. The molecule has 22 heavy (non-hydrogen) atoms. The summed E-state index contributed by atoms with van der Waals surface area (Å²) in [6.45, 7) is 3.43. The summed E-state index contributed by atoms with van der Waals surface area (Å²) in [6.07, 6.45) is 0. The van der Waals surface area contributed by atoms with Gasteiger partial charge in [0.05, 0.1) is 16.0 Å². The number of sulfonamides is 1. The fourth-order valence-corrected chi connectivity index (χ4v) is 3.12. The van der Waals surface area contributed by atoms with Gasteiger partial charge in [-0.05, 0) is 32.0 Å². The molecule has 7 nitrogen and oxygen atoms in total. The van der Waals surface area contributed by atoms with Crippen LogP contribution in [0.15, 0.2) is 23.1 Å². The third-order valence-electron chi connectivity index (χ3n) is 3.09. The number of carbonyl (C=O) groups is 2. The summed E-state index contributed by atoms with van der Waals surface area (Å²) in [6, 6.07) is 3.86. The first-order chi connectivity index (χ1) is 9.53.